The lowest BCUT2D eigenvalue weighted by molar-refractivity contribution is 0.174. The Labute approximate surface area is 173 Å². The SMILES string of the molecule is COc1cc2c(cc1OC)-c1cc(NCc3ccc4c(c3)OCO4)nc(=O)n1CC2. The molecule has 0 fully saturated rings. The third-order valence-electron chi connectivity index (χ3n) is 5.41. The van der Waals surface area contributed by atoms with Gasteiger partial charge in [0.1, 0.15) is 5.82 Å². The predicted molar refractivity (Wildman–Crippen MR) is 111 cm³/mol. The van der Waals surface area contributed by atoms with E-state index >= 15 is 0 Å². The Bertz CT molecular complexity index is 1190. The van der Waals surface area contributed by atoms with E-state index in [0.717, 1.165) is 40.3 Å². The Kier molecular flexibility index (Phi) is 4.46. The quantitative estimate of drug-likeness (QED) is 0.696. The Balaban J connectivity index is 1.47. The fourth-order valence-electron chi connectivity index (χ4n) is 3.88. The molecule has 0 saturated carbocycles. The first-order valence-electron chi connectivity index (χ1n) is 9.66. The Hall–Kier alpha value is -3.68. The van der Waals surface area contributed by atoms with Crippen LogP contribution in [0.5, 0.6) is 23.0 Å². The van der Waals surface area contributed by atoms with E-state index in [-0.39, 0.29) is 12.5 Å². The molecule has 154 valence electrons. The molecule has 0 radical (unpaired) electrons. The predicted octanol–water partition coefficient (Wildman–Crippen LogP) is 2.82. The fraction of sp³-hybridized carbons (Fsp3) is 0.273. The van der Waals surface area contributed by atoms with Crippen LogP contribution in [-0.2, 0) is 19.5 Å². The molecule has 3 aromatic rings. The molecule has 8 heteroatoms. The lowest BCUT2D eigenvalue weighted by atomic mass is 9.97. The highest BCUT2D eigenvalue weighted by Gasteiger charge is 2.21. The van der Waals surface area contributed by atoms with Crippen LogP contribution in [0.2, 0.25) is 0 Å². The summed E-state index contributed by atoms with van der Waals surface area (Å²) in [6.45, 7) is 1.32. The maximum absolute atomic E-state index is 12.7. The average Bonchev–Trinajstić information content (AvgIpc) is 3.24. The minimum atomic E-state index is -0.277. The molecule has 2 aliphatic rings. The van der Waals surface area contributed by atoms with E-state index in [1.54, 1.807) is 18.8 Å². The monoisotopic (exact) mass is 407 g/mol. The molecule has 0 saturated heterocycles. The number of fused-ring (bicyclic) bond motifs is 4. The van der Waals surface area contributed by atoms with E-state index in [1.165, 1.54) is 0 Å². The second-order valence-electron chi connectivity index (χ2n) is 7.12. The summed E-state index contributed by atoms with van der Waals surface area (Å²) < 4.78 is 23.3. The number of ether oxygens (including phenoxy) is 4. The summed E-state index contributed by atoms with van der Waals surface area (Å²) in [5.41, 5.74) is 3.60. The molecule has 0 atom stereocenters. The molecule has 0 unspecified atom stereocenters. The van der Waals surface area contributed by atoms with Crippen molar-refractivity contribution in [3.05, 3.63) is 58.0 Å². The molecule has 2 aliphatic heterocycles. The molecule has 1 N–H and O–H groups in total. The standard InChI is InChI=1S/C22H21N3O5/c1-27-18-8-14-5-6-25-16(15(14)9-19(18)28-2)10-21(24-22(25)26)23-11-13-3-4-17-20(7-13)30-12-29-17/h3-4,7-10H,5-6,11-12H2,1-2H3,(H,23,24,26). The first kappa shape index (κ1) is 18.4. The molecule has 3 heterocycles. The average molecular weight is 407 g/mol. The molecular formula is C22H21N3O5. The molecule has 5 rings (SSSR count). The first-order valence-corrected chi connectivity index (χ1v) is 9.66. The van der Waals surface area contributed by atoms with Crippen molar-refractivity contribution >= 4 is 5.82 Å². The van der Waals surface area contributed by atoms with Crippen molar-refractivity contribution in [2.24, 2.45) is 0 Å². The lowest BCUT2D eigenvalue weighted by Gasteiger charge is -2.23. The van der Waals surface area contributed by atoms with Gasteiger partial charge in [-0.25, -0.2) is 4.79 Å². The van der Waals surface area contributed by atoms with Crippen LogP contribution < -0.4 is 30.0 Å². The number of aryl methyl sites for hydroxylation is 1. The van der Waals surface area contributed by atoms with E-state index in [2.05, 4.69) is 10.3 Å². The van der Waals surface area contributed by atoms with E-state index in [1.807, 2.05) is 36.4 Å². The zero-order valence-electron chi connectivity index (χ0n) is 16.7. The summed E-state index contributed by atoms with van der Waals surface area (Å²) in [5.74, 6) is 3.30. The third-order valence-corrected chi connectivity index (χ3v) is 5.41. The van der Waals surface area contributed by atoms with Gasteiger partial charge in [-0.1, -0.05) is 6.07 Å². The minimum absolute atomic E-state index is 0.239. The van der Waals surface area contributed by atoms with Crippen LogP contribution in [-0.4, -0.2) is 30.6 Å². The van der Waals surface area contributed by atoms with Crippen LogP contribution >= 0.6 is 0 Å². The number of nitrogens with zero attached hydrogens (tertiary/aromatic N) is 2. The molecule has 2 aromatic carbocycles. The Morgan fingerprint density at radius 1 is 1.07 bits per heavy atom. The number of rotatable bonds is 5. The van der Waals surface area contributed by atoms with Crippen LogP contribution in [0.25, 0.3) is 11.3 Å². The second kappa shape index (κ2) is 7.29. The zero-order valence-corrected chi connectivity index (χ0v) is 16.7. The van der Waals surface area contributed by atoms with E-state index < -0.39 is 0 Å². The van der Waals surface area contributed by atoms with E-state index in [9.17, 15) is 4.79 Å². The number of aromatic nitrogens is 2. The number of hydrogen-bond donors (Lipinski definition) is 1. The Morgan fingerprint density at radius 2 is 1.87 bits per heavy atom. The summed E-state index contributed by atoms with van der Waals surface area (Å²) >= 11 is 0. The highest BCUT2D eigenvalue weighted by atomic mass is 16.7. The van der Waals surface area contributed by atoms with Crippen LogP contribution in [0.3, 0.4) is 0 Å². The van der Waals surface area contributed by atoms with Crippen LogP contribution in [0.4, 0.5) is 5.82 Å². The topological polar surface area (TPSA) is 83.8 Å². The van der Waals surface area contributed by atoms with Gasteiger partial charge in [-0.3, -0.25) is 4.57 Å². The molecule has 8 nitrogen and oxygen atoms in total. The lowest BCUT2D eigenvalue weighted by Crippen LogP contribution is -2.29. The van der Waals surface area contributed by atoms with Crippen LogP contribution in [0, 0.1) is 0 Å². The Morgan fingerprint density at radius 3 is 2.70 bits per heavy atom. The first-order chi connectivity index (χ1) is 14.7. The third kappa shape index (κ3) is 3.10. The number of anilines is 1. The van der Waals surface area contributed by atoms with Crippen LogP contribution in [0.15, 0.2) is 41.2 Å². The van der Waals surface area contributed by atoms with Gasteiger partial charge in [-0.15, -0.1) is 0 Å². The van der Waals surface area contributed by atoms with Gasteiger partial charge in [0.05, 0.1) is 19.9 Å². The van der Waals surface area contributed by atoms with E-state index in [4.69, 9.17) is 18.9 Å². The largest absolute Gasteiger partial charge is 0.493 e. The molecule has 0 spiro atoms. The zero-order chi connectivity index (χ0) is 20.7. The smallest absolute Gasteiger partial charge is 0.349 e. The minimum Gasteiger partial charge on any atom is -0.493 e. The second-order valence-corrected chi connectivity index (χ2v) is 7.12. The number of nitrogens with one attached hydrogen (secondary N) is 1. The summed E-state index contributed by atoms with van der Waals surface area (Å²) in [7, 11) is 3.22. The molecule has 0 aliphatic carbocycles. The van der Waals surface area contributed by atoms with Crippen molar-refractivity contribution in [2.75, 3.05) is 26.3 Å². The van der Waals surface area contributed by atoms with Gasteiger partial charge in [0.15, 0.2) is 23.0 Å². The normalized spacial score (nSPS) is 13.4. The molecule has 1 aromatic heterocycles. The highest BCUT2D eigenvalue weighted by molar-refractivity contribution is 5.72. The number of methoxy groups -OCH3 is 2. The van der Waals surface area contributed by atoms with Gasteiger partial charge in [0.25, 0.3) is 0 Å². The van der Waals surface area contributed by atoms with Gasteiger partial charge >= 0.3 is 5.69 Å². The summed E-state index contributed by atoms with van der Waals surface area (Å²) in [5, 5.41) is 3.25. The molecule has 0 bridgehead atoms. The van der Waals surface area contributed by atoms with Crippen molar-refractivity contribution < 1.29 is 18.9 Å². The van der Waals surface area contributed by atoms with Crippen molar-refractivity contribution in [3.63, 3.8) is 0 Å². The summed E-state index contributed by atoms with van der Waals surface area (Å²) in [6.07, 6.45) is 0.730. The molecule has 30 heavy (non-hydrogen) atoms. The van der Waals surface area contributed by atoms with Gasteiger partial charge in [0.2, 0.25) is 6.79 Å². The number of benzene rings is 2. The van der Waals surface area contributed by atoms with Crippen molar-refractivity contribution in [3.8, 4) is 34.3 Å². The van der Waals surface area contributed by atoms with E-state index in [0.29, 0.717) is 30.4 Å². The summed E-state index contributed by atoms with van der Waals surface area (Å²) in [6, 6.07) is 11.6. The van der Waals surface area contributed by atoms with Crippen molar-refractivity contribution in [2.45, 2.75) is 19.5 Å². The van der Waals surface area contributed by atoms with Gasteiger partial charge < -0.3 is 24.3 Å². The maximum Gasteiger partial charge on any atom is 0.349 e. The highest BCUT2D eigenvalue weighted by Crippen LogP contribution is 2.38. The summed E-state index contributed by atoms with van der Waals surface area (Å²) in [4.78, 5) is 16.9. The van der Waals surface area contributed by atoms with Crippen molar-refractivity contribution in [1.29, 1.82) is 0 Å². The van der Waals surface area contributed by atoms with Gasteiger partial charge in [-0.05, 0) is 41.8 Å². The number of hydrogen-bond acceptors (Lipinski definition) is 7. The molecule has 0 amide bonds. The van der Waals surface area contributed by atoms with Gasteiger partial charge in [-0.2, -0.15) is 4.98 Å². The fourth-order valence-corrected chi connectivity index (χ4v) is 3.88. The van der Waals surface area contributed by atoms with Crippen LogP contribution in [0.1, 0.15) is 11.1 Å². The van der Waals surface area contributed by atoms with Crippen molar-refractivity contribution in [1.82, 2.24) is 9.55 Å². The van der Waals surface area contributed by atoms with Gasteiger partial charge in [0, 0.05) is 24.7 Å². The maximum atomic E-state index is 12.7. The molecular weight excluding hydrogens is 386 g/mol.